The monoisotopic (exact) mass is 309 g/mol. The Morgan fingerprint density at radius 1 is 1.48 bits per heavy atom. The number of anilines is 1. The maximum atomic E-state index is 12.5. The molecule has 0 atom stereocenters. The van der Waals surface area contributed by atoms with Crippen LogP contribution in [0.15, 0.2) is 17.2 Å². The van der Waals surface area contributed by atoms with Crippen molar-refractivity contribution in [2.75, 3.05) is 4.72 Å². The third-order valence-electron chi connectivity index (χ3n) is 3.73. The van der Waals surface area contributed by atoms with Crippen LogP contribution < -0.4 is 10.5 Å². The molecule has 3 rings (SSSR count). The van der Waals surface area contributed by atoms with Crippen molar-refractivity contribution in [2.45, 2.75) is 44.2 Å². The molecule has 7 nitrogen and oxygen atoms in total. The van der Waals surface area contributed by atoms with Gasteiger partial charge >= 0.3 is 0 Å². The third-order valence-corrected chi connectivity index (χ3v) is 5.05. The first kappa shape index (κ1) is 14.2. The van der Waals surface area contributed by atoms with E-state index in [2.05, 4.69) is 14.9 Å². The molecule has 1 aliphatic carbocycles. The molecule has 0 unspecified atom stereocenters. The molecular formula is C13H19N5O2S. The van der Waals surface area contributed by atoms with Gasteiger partial charge in [0.25, 0.3) is 10.0 Å². The van der Waals surface area contributed by atoms with Gasteiger partial charge in [-0.2, -0.15) is 5.10 Å². The maximum Gasteiger partial charge on any atom is 0.263 e. The van der Waals surface area contributed by atoms with Crippen LogP contribution in [0.5, 0.6) is 0 Å². The third kappa shape index (κ3) is 2.56. The number of aromatic amines is 1. The lowest BCUT2D eigenvalue weighted by Crippen LogP contribution is -2.13. The van der Waals surface area contributed by atoms with Crippen LogP contribution >= 0.6 is 0 Å². The van der Waals surface area contributed by atoms with Crippen molar-refractivity contribution in [3.63, 3.8) is 0 Å². The van der Waals surface area contributed by atoms with E-state index in [4.69, 9.17) is 5.73 Å². The molecule has 0 spiro atoms. The van der Waals surface area contributed by atoms with Gasteiger partial charge in [0.2, 0.25) is 0 Å². The number of hydrogen-bond donors (Lipinski definition) is 3. The number of aryl methyl sites for hydroxylation is 2. The smallest absolute Gasteiger partial charge is 0.263 e. The molecule has 0 radical (unpaired) electrons. The fourth-order valence-corrected chi connectivity index (χ4v) is 3.63. The van der Waals surface area contributed by atoms with E-state index in [-0.39, 0.29) is 4.90 Å². The van der Waals surface area contributed by atoms with E-state index in [1.54, 1.807) is 26.1 Å². The molecule has 0 bridgehead atoms. The standard InChI is InChI=1S/C13H19N5O2S/c1-8-13(9(2)16-15-8)17-21(19,20)12-5-11(6-14)18(7-12)10-3-4-10/h5,7,10,17H,3-4,6,14H2,1-2H3,(H,15,16). The van der Waals surface area contributed by atoms with Gasteiger partial charge in [-0.1, -0.05) is 0 Å². The summed E-state index contributed by atoms with van der Waals surface area (Å²) in [5.41, 5.74) is 8.37. The van der Waals surface area contributed by atoms with Crippen molar-refractivity contribution in [2.24, 2.45) is 5.73 Å². The highest BCUT2D eigenvalue weighted by Crippen LogP contribution is 2.37. The summed E-state index contributed by atoms with van der Waals surface area (Å²) in [7, 11) is -3.63. The second-order valence-electron chi connectivity index (χ2n) is 5.42. The van der Waals surface area contributed by atoms with Crippen molar-refractivity contribution in [1.29, 1.82) is 0 Å². The lowest BCUT2D eigenvalue weighted by molar-refractivity contribution is 0.600. The Balaban J connectivity index is 1.95. The fraction of sp³-hybridized carbons (Fsp3) is 0.462. The van der Waals surface area contributed by atoms with Gasteiger partial charge in [0.1, 0.15) is 4.90 Å². The summed E-state index contributed by atoms with van der Waals surface area (Å²) in [5.74, 6) is 0. The lowest BCUT2D eigenvalue weighted by atomic mass is 10.3. The Morgan fingerprint density at radius 2 is 2.19 bits per heavy atom. The summed E-state index contributed by atoms with van der Waals surface area (Å²) in [4.78, 5) is 0.245. The van der Waals surface area contributed by atoms with Crippen LogP contribution in [-0.2, 0) is 16.6 Å². The van der Waals surface area contributed by atoms with Crippen molar-refractivity contribution in [3.8, 4) is 0 Å². The quantitative estimate of drug-likeness (QED) is 0.776. The van der Waals surface area contributed by atoms with E-state index < -0.39 is 10.0 Å². The van der Waals surface area contributed by atoms with Crippen molar-refractivity contribution >= 4 is 15.7 Å². The van der Waals surface area contributed by atoms with E-state index in [1.165, 1.54) is 0 Å². The molecule has 0 saturated heterocycles. The first-order valence-corrected chi connectivity index (χ1v) is 8.36. The lowest BCUT2D eigenvalue weighted by Gasteiger charge is -2.06. The molecule has 0 amide bonds. The van der Waals surface area contributed by atoms with Crippen LogP contribution in [0.4, 0.5) is 5.69 Å². The number of nitrogens with one attached hydrogen (secondary N) is 2. The van der Waals surface area contributed by atoms with Gasteiger partial charge < -0.3 is 10.3 Å². The number of nitrogens with two attached hydrogens (primary N) is 1. The van der Waals surface area contributed by atoms with Crippen molar-refractivity contribution in [3.05, 3.63) is 29.3 Å². The molecule has 1 fully saturated rings. The van der Waals surface area contributed by atoms with E-state index in [0.717, 1.165) is 18.5 Å². The Labute approximate surface area is 123 Å². The Kier molecular flexibility index (Phi) is 3.29. The zero-order chi connectivity index (χ0) is 15.2. The minimum absolute atomic E-state index is 0.245. The highest BCUT2D eigenvalue weighted by Gasteiger charge is 2.28. The summed E-state index contributed by atoms with van der Waals surface area (Å²) >= 11 is 0. The zero-order valence-electron chi connectivity index (χ0n) is 12.0. The number of hydrogen-bond acceptors (Lipinski definition) is 4. The van der Waals surface area contributed by atoms with Crippen LogP contribution in [0.2, 0.25) is 0 Å². The number of aromatic nitrogens is 3. The molecule has 0 aliphatic heterocycles. The molecule has 1 aliphatic rings. The van der Waals surface area contributed by atoms with E-state index >= 15 is 0 Å². The minimum atomic E-state index is -3.63. The van der Waals surface area contributed by atoms with E-state index in [9.17, 15) is 8.42 Å². The van der Waals surface area contributed by atoms with Crippen molar-refractivity contribution < 1.29 is 8.42 Å². The predicted molar refractivity (Wildman–Crippen MR) is 79.5 cm³/mol. The molecule has 1 saturated carbocycles. The normalized spacial score (nSPS) is 15.4. The number of nitrogens with zero attached hydrogens (tertiary/aromatic N) is 2. The second kappa shape index (κ2) is 4.88. The van der Waals surface area contributed by atoms with Gasteiger partial charge in [0.05, 0.1) is 17.1 Å². The number of H-pyrrole nitrogens is 1. The Bertz CT molecular complexity index is 751. The summed E-state index contributed by atoms with van der Waals surface area (Å²) in [6, 6.07) is 2.04. The van der Waals surface area contributed by atoms with Gasteiger partial charge in [-0.25, -0.2) is 8.42 Å². The first-order chi connectivity index (χ1) is 9.92. The predicted octanol–water partition coefficient (Wildman–Crippen LogP) is 1.42. The molecular weight excluding hydrogens is 290 g/mol. The van der Waals surface area contributed by atoms with Crippen LogP contribution in [-0.4, -0.2) is 23.2 Å². The van der Waals surface area contributed by atoms with Gasteiger partial charge in [0, 0.05) is 24.5 Å². The molecule has 8 heteroatoms. The van der Waals surface area contributed by atoms with Gasteiger partial charge in [0.15, 0.2) is 0 Å². The minimum Gasteiger partial charge on any atom is -0.346 e. The van der Waals surface area contributed by atoms with Gasteiger partial charge in [-0.05, 0) is 32.8 Å². The highest BCUT2D eigenvalue weighted by molar-refractivity contribution is 7.92. The topological polar surface area (TPSA) is 106 Å². The van der Waals surface area contributed by atoms with Crippen LogP contribution in [0, 0.1) is 13.8 Å². The Hall–Kier alpha value is -1.80. The average molecular weight is 309 g/mol. The zero-order valence-corrected chi connectivity index (χ0v) is 12.9. The molecule has 0 aromatic carbocycles. The van der Waals surface area contributed by atoms with Crippen LogP contribution in [0.1, 0.15) is 36.0 Å². The summed E-state index contributed by atoms with van der Waals surface area (Å²) in [6.45, 7) is 3.86. The molecule has 2 aromatic rings. The molecule has 114 valence electrons. The highest BCUT2D eigenvalue weighted by atomic mass is 32.2. The Morgan fingerprint density at radius 3 is 2.71 bits per heavy atom. The summed E-state index contributed by atoms with van der Waals surface area (Å²) in [5, 5.41) is 6.76. The molecule has 2 heterocycles. The SMILES string of the molecule is Cc1n[nH]c(C)c1NS(=O)(=O)c1cc(CN)n(C2CC2)c1. The molecule has 21 heavy (non-hydrogen) atoms. The van der Waals surface area contributed by atoms with E-state index in [1.807, 2.05) is 4.57 Å². The number of sulfonamides is 1. The fourth-order valence-electron chi connectivity index (χ4n) is 2.39. The summed E-state index contributed by atoms with van der Waals surface area (Å²) in [6.07, 6.45) is 3.83. The summed E-state index contributed by atoms with van der Waals surface area (Å²) < 4.78 is 29.6. The van der Waals surface area contributed by atoms with Crippen molar-refractivity contribution in [1.82, 2.24) is 14.8 Å². The molecule has 2 aromatic heterocycles. The maximum absolute atomic E-state index is 12.5. The van der Waals surface area contributed by atoms with Gasteiger partial charge in [-0.15, -0.1) is 0 Å². The van der Waals surface area contributed by atoms with Crippen LogP contribution in [0.25, 0.3) is 0 Å². The average Bonchev–Trinajstić information content (AvgIpc) is 3.12. The first-order valence-electron chi connectivity index (χ1n) is 6.87. The van der Waals surface area contributed by atoms with E-state index in [0.29, 0.717) is 29.7 Å². The largest absolute Gasteiger partial charge is 0.346 e. The molecule has 4 N–H and O–H groups in total. The number of rotatable bonds is 5. The van der Waals surface area contributed by atoms with Crippen LogP contribution in [0.3, 0.4) is 0 Å². The van der Waals surface area contributed by atoms with Gasteiger partial charge in [-0.3, -0.25) is 9.82 Å². The second-order valence-corrected chi connectivity index (χ2v) is 7.11.